The molecule has 0 aliphatic rings. The third-order valence-corrected chi connectivity index (χ3v) is 4.38. The highest BCUT2D eigenvalue weighted by Crippen LogP contribution is 2.37. The third-order valence-electron chi connectivity index (χ3n) is 3.43. The number of thiophene rings is 1. The monoisotopic (exact) mass is 341 g/mol. The summed E-state index contributed by atoms with van der Waals surface area (Å²) in [6, 6.07) is 8.23. The van der Waals surface area contributed by atoms with E-state index in [2.05, 4.69) is 0 Å². The molecule has 122 valence electrons. The number of hydrogen-bond donors (Lipinski definition) is 2. The Morgan fingerprint density at radius 1 is 1.17 bits per heavy atom. The van der Waals surface area contributed by atoms with Crippen molar-refractivity contribution in [2.24, 2.45) is 5.92 Å². The summed E-state index contributed by atoms with van der Waals surface area (Å²) in [6.07, 6.45) is -7.35. The van der Waals surface area contributed by atoms with E-state index in [0.29, 0.717) is 10.4 Å². The van der Waals surface area contributed by atoms with Crippen molar-refractivity contribution in [2.75, 3.05) is 0 Å². The van der Waals surface area contributed by atoms with Gasteiger partial charge in [-0.25, -0.2) is 0 Å². The summed E-state index contributed by atoms with van der Waals surface area (Å²) in [7, 11) is 0. The Hall–Kier alpha value is -1.88. The first kappa shape index (κ1) is 17.5. The zero-order chi connectivity index (χ0) is 17.2. The maximum Gasteiger partial charge on any atom is 0.416 e. The number of benzene rings is 1. The van der Waals surface area contributed by atoms with E-state index in [1.165, 1.54) is 24.3 Å². The van der Waals surface area contributed by atoms with Crippen molar-refractivity contribution in [1.82, 2.24) is 0 Å². The molecule has 0 radical (unpaired) electrons. The highest BCUT2D eigenvalue weighted by atomic mass is 32.1. The first-order valence-corrected chi connectivity index (χ1v) is 7.60. The van der Waals surface area contributed by atoms with E-state index in [-0.39, 0.29) is 5.56 Å². The maximum absolute atomic E-state index is 12.9. The van der Waals surface area contributed by atoms with Gasteiger partial charge < -0.3 is 10.2 Å². The standard InChI is InChI=1S/C16H14F3NO2S/c1-9-5-10(7-11(6-9)16(17,18)19)14(21)12(8-20)15(22)13-3-2-4-23-13/h2-7,12,14-15,21-22H,1H3. The minimum atomic E-state index is -4.55. The van der Waals surface area contributed by atoms with Gasteiger partial charge in [0, 0.05) is 4.88 Å². The molecular formula is C16H14F3NO2S. The van der Waals surface area contributed by atoms with Crippen LogP contribution in [0.15, 0.2) is 35.7 Å². The largest absolute Gasteiger partial charge is 0.416 e. The summed E-state index contributed by atoms with van der Waals surface area (Å²) in [5, 5.41) is 31.5. The first-order valence-electron chi connectivity index (χ1n) is 6.72. The lowest BCUT2D eigenvalue weighted by atomic mass is 9.89. The van der Waals surface area contributed by atoms with E-state index in [0.717, 1.165) is 12.1 Å². The fraction of sp³-hybridized carbons (Fsp3) is 0.312. The highest BCUT2D eigenvalue weighted by Gasteiger charge is 2.34. The zero-order valence-electron chi connectivity index (χ0n) is 12.1. The Morgan fingerprint density at radius 3 is 2.39 bits per heavy atom. The van der Waals surface area contributed by atoms with Crippen LogP contribution < -0.4 is 0 Å². The molecular weight excluding hydrogens is 327 g/mol. The number of alkyl halides is 3. The number of nitrogens with zero attached hydrogens (tertiary/aromatic N) is 1. The summed E-state index contributed by atoms with van der Waals surface area (Å²) in [6.45, 7) is 1.47. The second-order valence-corrected chi connectivity index (χ2v) is 6.17. The van der Waals surface area contributed by atoms with Crippen LogP contribution in [0.25, 0.3) is 0 Å². The third kappa shape index (κ3) is 3.91. The van der Waals surface area contributed by atoms with E-state index in [1.807, 2.05) is 0 Å². The van der Waals surface area contributed by atoms with Gasteiger partial charge in [-0.15, -0.1) is 11.3 Å². The van der Waals surface area contributed by atoms with Gasteiger partial charge in [-0.2, -0.15) is 18.4 Å². The van der Waals surface area contributed by atoms with Crippen molar-refractivity contribution in [1.29, 1.82) is 5.26 Å². The lowest BCUT2D eigenvalue weighted by Crippen LogP contribution is -2.19. The van der Waals surface area contributed by atoms with Crippen molar-refractivity contribution in [3.05, 3.63) is 57.3 Å². The summed E-state index contributed by atoms with van der Waals surface area (Å²) < 4.78 is 38.6. The van der Waals surface area contributed by atoms with E-state index < -0.39 is 29.9 Å². The predicted molar refractivity (Wildman–Crippen MR) is 79.5 cm³/mol. The molecule has 0 amide bonds. The van der Waals surface area contributed by atoms with Gasteiger partial charge in [0.1, 0.15) is 12.0 Å². The molecule has 2 aromatic rings. The molecule has 0 bridgehead atoms. The van der Waals surface area contributed by atoms with Crippen LogP contribution in [-0.4, -0.2) is 10.2 Å². The number of aryl methyl sites for hydroxylation is 1. The number of aliphatic hydroxyl groups is 2. The molecule has 0 aliphatic carbocycles. The molecule has 7 heteroatoms. The number of hydrogen-bond acceptors (Lipinski definition) is 4. The number of halogens is 3. The van der Waals surface area contributed by atoms with Gasteiger partial charge in [-0.05, 0) is 36.1 Å². The summed E-state index contributed by atoms with van der Waals surface area (Å²) in [5.41, 5.74) is -0.621. The summed E-state index contributed by atoms with van der Waals surface area (Å²) in [5.74, 6) is -1.27. The van der Waals surface area contributed by atoms with Gasteiger partial charge in [0.05, 0.1) is 17.7 Å². The molecule has 2 N–H and O–H groups in total. The van der Waals surface area contributed by atoms with Crippen LogP contribution >= 0.6 is 11.3 Å². The highest BCUT2D eigenvalue weighted by molar-refractivity contribution is 7.10. The van der Waals surface area contributed by atoms with Crippen LogP contribution in [0, 0.1) is 24.2 Å². The minimum Gasteiger partial charge on any atom is -0.387 e. The van der Waals surface area contributed by atoms with Crippen LogP contribution in [-0.2, 0) is 6.18 Å². The van der Waals surface area contributed by atoms with E-state index in [4.69, 9.17) is 0 Å². The molecule has 1 aromatic carbocycles. The lowest BCUT2D eigenvalue weighted by molar-refractivity contribution is -0.137. The molecule has 1 aromatic heterocycles. The molecule has 0 saturated heterocycles. The van der Waals surface area contributed by atoms with Gasteiger partial charge in [-0.1, -0.05) is 17.7 Å². The SMILES string of the molecule is Cc1cc(C(O)C(C#N)C(O)c2cccs2)cc(C(F)(F)F)c1. The van der Waals surface area contributed by atoms with Crippen molar-refractivity contribution in [3.63, 3.8) is 0 Å². The van der Waals surface area contributed by atoms with Gasteiger partial charge in [-0.3, -0.25) is 0 Å². The molecule has 0 spiro atoms. The quantitative estimate of drug-likeness (QED) is 0.884. The Labute approximate surface area is 135 Å². The van der Waals surface area contributed by atoms with Crippen LogP contribution in [0.4, 0.5) is 13.2 Å². The second-order valence-electron chi connectivity index (χ2n) is 5.19. The van der Waals surface area contributed by atoms with Crippen molar-refractivity contribution < 1.29 is 23.4 Å². The van der Waals surface area contributed by atoms with Gasteiger partial charge in [0.25, 0.3) is 0 Å². The topological polar surface area (TPSA) is 64.2 Å². The van der Waals surface area contributed by atoms with Crippen LogP contribution in [0.3, 0.4) is 0 Å². The molecule has 2 rings (SSSR count). The Kier molecular flexibility index (Phi) is 5.09. The Balaban J connectivity index is 2.37. The Bertz CT molecular complexity index is 707. The fourth-order valence-electron chi connectivity index (χ4n) is 2.30. The normalized spacial score (nSPS) is 15.7. The minimum absolute atomic E-state index is 0.0421. The predicted octanol–water partition coefficient (Wildman–Crippen LogP) is 3.98. The van der Waals surface area contributed by atoms with Crippen molar-refractivity contribution in [2.45, 2.75) is 25.3 Å². The number of aliphatic hydroxyl groups excluding tert-OH is 2. The van der Waals surface area contributed by atoms with Crippen molar-refractivity contribution in [3.8, 4) is 6.07 Å². The molecule has 1 heterocycles. The maximum atomic E-state index is 12.9. The molecule has 3 atom stereocenters. The molecule has 23 heavy (non-hydrogen) atoms. The first-order chi connectivity index (χ1) is 10.7. The lowest BCUT2D eigenvalue weighted by Gasteiger charge is -2.22. The van der Waals surface area contributed by atoms with Crippen molar-refractivity contribution >= 4 is 11.3 Å². The molecule has 0 saturated carbocycles. The zero-order valence-corrected chi connectivity index (χ0v) is 12.9. The van der Waals surface area contributed by atoms with Gasteiger partial charge >= 0.3 is 6.18 Å². The summed E-state index contributed by atoms with van der Waals surface area (Å²) >= 11 is 1.21. The Morgan fingerprint density at radius 2 is 1.87 bits per heavy atom. The average Bonchev–Trinajstić information content (AvgIpc) is 3.00. The molecule has 3 unspecified atom stereocenters. The second kappa shape index (κ2) is 6.71. The van der Waals surface area contributed by atoms with E-state index in [9.17, 15) is 28.6 Å². The van der Waals surface area contributed by atoms with Gasteiger partial charge in [0.2, 0.25) is 0 Å². The summed E-state index contributed by atoms with van der Waals surface area (Å²) in [4.78, 5) is 0.472. The average molecular weight is 341 g/mol. The molecule has 0 fully saturated rings. The van der Waals surface area contributed by atoms with Crippen LogP contribution in [0.1, 0.15) is 33.8 Å². The van der Waals surface area contributed by atoms with Crippen LogP contribution in [0.5, 0.6) is 0 Å². The van der Waals surface area contributed by atoms with Gasteiger partial charge in [0.15, 0.2) is 0 Å². The molecule has 0 aliphatic heterocycles. The fourth-order valence-corrected chi connectivity index (χ4v) is 3.06. The van der Waals surface area contributed by atoms with E-state index >= 15 is 0 Å². The number of rotatable bonds is 4. The van der Waals surface area contributed by atoms with E-state index in [1.54, 1.807) is 23.6 Å². The van der Waals surface area contributed by atoms with Crippen LogP contribution in [0.2, 0.25) is 0 Å². The number of nitriles is 1. The smallest absolute Gasteiger partial charge is 0.387 e. The molecule has 3 nitrogen and oxygen atoms in total.